The summed E-state index contributed by atoms with van der Waals surface area (Å²) in [7, 11) is 0. The lowest BCUT2D eigenvalue weighted by Gasteiger charge is -2.32. The first-order valence-electron chi connectivity index (χ1n) is 11.7. The summed E-state index contributed by atoms with van der Waals surface area (Å²) in [5.41, 5.74) is 3.18. The molecule has 0 aliphatic carbocycles. The summed E-state index contributed by atoms with van der Waals surface area (Å²) < 4.78 is 1.94. The number of piperidine rings is 1. The Hall–Kier alpha value is -3.42. The second-order valence-electron chi connectivity index (χ2n) is 8.50. The van der Waals surface area contributed by atoms with Crippen LogP contribution in [0.2, 0.25) is 0 Å². The predicted octanol–water partition coefficient (Wildman–Crippen LogP) is 3.98. The van der Waals surface area contributed by atoms with Crippen LogP contribution in [0.3, 0.4) is 0 Å². The molecule has 1 N–H and O–H groups in total. The van der Waals surface area contributed by atoms with Crippen molar-refractivity contribution in [2.24, 2.45) is 5.92 Å². The molecule has 1 amide bonds. The minimum atomic E-state index is 0.000287. The molecule has 0 bridgehead atoms. The van der Waals surface area contributed by atoms with E-state index in [9.17, 15) is 4.79 Å². The zero-order valence-corrected chi connectivity index (χ0v) is 20.0. The lowest BCUT2D eigenvalue weighted by atomic mass is 9.95. The molecule has 3 heterocycles. The summed E-state index contributed by atoms with van der Waals surface area (Å²) in [6.07, 6.45) is 6.85. The molecule has 8 heteroatoms. The number of hydrogen-bond acceptors (Lipinski definition) is 6. The maximum atomic E-state index is 13.0. The summed E-state index contributed by atoms with van der Waals surface area (Å²) in [5, 5.41) is 3.16. The Morgan fingerprint density at radius 1 is 1.06 bits per heavy atom. The van der Waals surface area contributed by atoms with Gasteiger partial charge in [0.2, 0.25) is 5.91 Å². The number of anilines is 3. The number of imidazole rings is 1. The average Bonchev–Trinajstić information content (AvgIpc) is 3.27. The van der Waals surface area contributed by atoms with Crippen molar-refractivity contribution in [2.45, 2.75) is 40.5 Å². The van der Waals surface area contributed by atoms with Crippen LogP contribution in [-0.4, -0.2) is 51.6 Å². The van der Waals surface area contributed by atoms with Gasteiger partial charge in [-0.3, -0.25) is 9.36 Å². The van der Waals surface area contributed by atoms with Crippen molar-refractivity contribution < 1.29 is 4.79 Å². The summed E-state index contributed by atoms with van der Waals surface area (Å²) in [4.78, 5) is 30.6. The fraction of sp³-hybridized carbons (Fsp3) is 0.440. The van der Waals surface area contributed by atoms with E-state index in [-0.39, 0.29) is 11.8 Å². The Balaban J connectivity index is 1.37. The Bertz CT molecular complexity index is 1100. The third kappa shape index (κ3) is 4.99. The molecule has 33 heavy (non-hydrogen) atoms. The van der Waals surface area contributed by atoms with Crippen LogP contribution >= 0.6 is 0 Å². The second kappa shape index (κ2) is 10.0. The normalized spacial score (nSPS) is 14.4. The predicted molar refractivity (Wildman–Crippen MR) is 132 cm³/mol. The van der Waals surface area contributed by atoms with E-state index in [2.05, 4.69) is 63.0 Å². The Morgan fingerprint density at radius 2 is 1.79 bits per heavy atom. The number of aromatic nitrogens is 4. The lowest BCUT2D eigenvalue weighted by Crippen LogP contribution is -2.38. The molecule has 1 aliphatic heterocycles. The van der Waals surface area contributed by atoms with Gasteiger partial charge in [0, 0.05) is 61.9 Å². The molecule has 0 unspecified atom stereocenters. The fourth-order valence-electron chi connectivity index (χ4n) is 4.44. The van der Waals surface area contributed by atoms with Gasteiger partial charge in [-0.25, -0.2) is 15.0 Å². The highest BCUT2D eigenvalue weighted by molar-refractivity contribution is 5.93. The van der Waals surface area contributed by atoms with E-state index in [1.165, 1.54) is 5.69 Å². The van der Waals surface area contributed by atoms with Crippen molar-refractivity contribution >= 4 is 23.1 Å². The lowest BCUT2D eigenvalue weighted by molar-refractivity contribution is -0.120. The van der Waals surface area contributed by atoms with Gasteiger partial charge in [0.15, 0.2) is 0 Å². The number of benzene rings is 1. The van der Waals surface area contributed by atoms with Crippen LogP contribution in [0.1, 0.15) is 38.1 Å². The van der Waals surface area contributed by atoms with E-state index in [4.69, 9.17) is 0 Å². The van der Waals surface area contributed by atoms with Crippen LogP contribution in [0.5, 0.6) is 0 Å². The highest BCUT2D eigenvalue weighted by Crippen LogP contribution is 2.26. The van der Waals surface area contributed by atoms with Crippen molar-refractivity contribution in [3.8, 4) is 5.82 Å². The van der Waals surface area contributed by atoms with Crippen LogP contribution in [0.25, 0.3) is 5.82 Å². The molecule has 3 aromatic rings. The summed E-state index contributed by atoms with van der Waals surface area (Å²) in [5.74, 6) is 2.68. The van der Waals surface area contributed by atoms with Gasteiger partial charge in [0.25, 0.3) is 0 Å². The molecule has 4 rings (SSSR count). The molecule has 1 aromatic carbocycles. The van der Waals surface area contributed by atoms with Crippen molar-refractivity contribution in [3.63, 3.8) is 0 Å². The fourth-order valence-corrected chi connectivity index (χ4v) is 4.44. The molecule has 0 spiro atoms. The highest BCUT2D eigenvalue weighted by atomic mass is 16.1. The number of carbonyl (C=O) groups excluding carboxylic acids is 1. The Labute approximate surface area is 195 Å². The third-order valence-corrected chi connectivity index (χ3v) is 6.50. The van der Waals surface area contributed by atoms with Crippen molar-refractivity contribution in [2.75, 3.05) is 41.3 Å². The van der Waals surface area contributed by atoms with Crippen molar-refractivity contribution in [3.05, 3.63) is 54.4 Å². The van der Waals surface area contributed by atoms with E-state index in [0.29, 0.717) is 0 Å². The summed E-state index contributed by atoms with van der Waals surface area (Å²) in [6.45, 7) is 11.8. The number of carbonyl (C=O) groups is 1. The monoisotopic (exact) mass is 447 g/mol. The maximum Gasteiger partial charge on any atom is 0.227 e. The number of amides is 1. The number of rotatable bonds is 7. The van der Waals surface area contributed by atoms with Crippen LogP contribution in [-0.2, 0) is 4.79 Å². The molecule has 1 fully saturated rings. The zero-order valence-electron chi connectivity index (χ0n) is 20.0. The number of nitrogens with one attached hydrogen (secondary N) is 1. The van der Waals surface area contributed by atoms with Crippen LogP contribution in [0, 0.1) is 19.8 Å². The Morgan fingerprint density at radius 3 is 2.42 bits per heavy atom. The molecule has 1 aliphatic rings. The minimum Gasteiger partial charge on any atom is -0.372 e. The second-order valence-corrected chi connectivity index (χ2v) is 8.50. The Kier molecular flexibility index (Phi) is 6.91. The SMILES string of the molecule is CCN(CC)c1ccc(NC(=O)C2CCN(c3cc(-n4ccnc4C)ncn3)CC2)c(C)c1. The van der Waals surface area contributed by atoms with E-state index in [0.717, 1.165) is 67.7 Å². The first-order chi connectivity index (χ1) is 16.0. The molecule has 0 saturated carbocycles. The van der Waals surface area contributed by atoms with E-state index in [1.54, 1.807) is 12.5 Å². The van der Waals surface area contributed by atoms with Gasteiger partial charge in [-0.15, -0.1) is 0 Å². The van der Waals surface area contributed by atoms with Crippen molar-refractivity contribution in [1.29, 1.82) is 0 Å². The van der Waals surface area contributed by atoms with Crippen molar-refractivity contribution in [1.82, 2.24) is 19.5 Å². The molecule has 174 valence electrons. The molecular formula is C25H33N7O. The number of hydrogen-bond donors (Lipinski definition) is 1. The first kappa shape index (κ1) is 22.8. The minimum absolute atomic E-state index is 0.000287. The number of nitrogens with zero attached hydrogens (tertiary/aromatic N) is 6. The molecule has 0 atom stereocenters. The smallest absolute Gasteiger partial charge is 0.227 e. The average molecular weight is 448 g/mol. The van der Waals surface area contributed by atoms with Gasteiger partial charge in [-0.05, 0) is 64.3 Å². The van der Waals surface area contributed by atoms with Crippen LogP contribution in [0.4, 0.5) is 17.2 Å². The molecule has 1 saturated heterocycles. The largest absolute Gasteiger partial charge is 0.372 e. The van der Waals surface area contributed by atoms with Gasteiger partial charge in [-0.1, -0.05) is 0 Å². The van der Waals surface area contributed by atoms with Gasteiger partial charge in [0.05, 0.1) is 0 Å². The van der Waals surface area contributed by atoms with E-state index >= 15 is 0 Å². The first-order valence-corrected chi connectivity index (χ1v) is 11.7. The van der Waals surface area contributed by atoms with E-state index < -0.39 is 0 Å². The van der Waals surface area contributed by atoms with Gasteiger partial charge in [-0.2, -0.15) is 0 Å². The maximum absolute atomic E-state index is 13.0. The van der Waals surface area contributed by atoms with Gasteiger partial charge in [0.1, 0.15) is 23.8 Å². The third-order valence-electron chi connectivity index (χ3n) is 6.50. The molecule has 2 aromatic heterocycles. The quantitative estimate of drug-likeness (QED) is 0.590. The van der Waals surface area contributed by atoms with Gasteiger partial charge >= 0.3 is 0 Å². The summed E-state index contributed by atoms with van der Waals surface area (Å²) >= 11 is 0. The molecule has 0 radical (unpaired) electrons. The zero-order chi connectivity index (χ0) is 23.4. The molecule has 8 nitrogen and oxygen atoms in total. The van der Waals surface area contributed by atoms with Crippen LogP contribution in [0.15, 0.2) is 43.0 Å². The van der Waals surface area contributed by atoms with E-state index in [1.807, 2.05) is 29.8 Å². The van der Waals surface area contributed by atoms with Crippen LogP contribution < -0.4 is 15.1 Å². The topological polar surface area (TPSA) is 79.2 Å². The summed E-state index contributed by atoms with van der Waals surface area (Å²) in [6, 6.07) is 8.25. The number of aryl methyl sites for hydroxylation is 2. The highest BCUT2D eigenvalue weighted by Gasteiger charge is 2.26. The standard InChI is InChI=1S/C25H33N7O/c1-5-30(6-2)21-7-8-22(18(3)15-21)29-25(33)20-9-12-31(13-10-20)23-16-24(28-17-27-23)32-14-11-26-19(32)4/h7-8,11,14-17,20H,5-6,9-10,12-13H2,1-4H3,(H,29,33). The molecular weight excluding hydrogens is 414 g/mol. The van der Waals surface area contributed by atoms with Gasteiger partial charge < -0.3 is 15.1 Å².